The van der Waals surface area contributed by atoms with Gasteiger partial charge in [0.1, 0.15) is 0 Å². The Balaban J connectivity index is 1.94. The minimum absolute atomic E-state index is 0.00817. The van der Waals surface area contributed by atoms with Crippen LogP contribution in [0.15, 0.2) is 53.4 Å². The van der Waals surface area contributed by atoms with Crippen LogP contribution in [0.4, 0.5) is 32.0 Å². The molecule has 0 aliphatic carbocycles. The van der Waals surface area contributed by atoms with Gasteiger partial charge in [-0.3, -0.25) is 0 Å². The summed E-state index contributed by atoms with van der Waals surface area (Å²) >= 11 is 0. The van der Waals surface area contributed by atoms with E-state index in [4.69, 9.17) is 0 Å². The minimum Gasteiger partial charge on any atom is -0.388 e. The molecule has 0 spiro atoms. The maximum absolute atomic E-state index is 13.4. The first-order valence-electron chi connectivity index (χ1n) is 10.9. The van der Waals surface area contributed by atoms with E-state index in [0.717, 1.165) is 6.07 Å². The lowest BCUT2D eigenvalue weighted by atomic mass is 9.88. The van der Waals surface area contributed by atoms with Gasteiger partial charge in [0.15, 0.2) is 9.84 Å². The number of rotatable bonds is 6. The Labute approximate surface area is 198 Å². The summed E-state index contributed by atoms with van der Waals surface area (Å²) in [4.78, 5) is 1.79. The van der Waals surface area contributed by atoms with Crippen LogP contribution in [0.1, 0.15) is 43.4 Å². The molecule has 0 saturated carbocycles. The van der Waals surface area contributed by atoms with Crippen molar-refractivity contribution in [2.45, 2.75) is 60.4 Å². The van der Waals surface area contributed by atoms with Gasteiger partial charge in [0.05, 0.1) is 16.2 Å². The van der Waals surface area contributed by atoms with Gasteiger partial charge in [0.25, 0.3) is 5.60 Å². The average Bonchev–Trinajstić information content (AvgIpc) is 2.81. The topological polar surface area (TPSA) is 77.8 Å². The number of hydrogen-bond donors (Lipinski definition) is 2. The van der Waals surface area contributed by atoms with Crippen molar-refractivity contribution in [2.24, 2.45) is 0 Å². The van der Waals surface area contributed by atoms with E-state index >= 15 is 0 Å². The first kappa shape index (κ1) is 27.3. The lowest BCUT2D eigenvalue weighted by molar-refractivity contribution is -0.376. The van der Waals surface area contributed by atoms with Crippen molar-refractivity contribution in [1.82, 2.24) is 0 Å². The third kappa shape index (κ3) is 5.01. The smallest absolute Gasteiger partial charge is 0.388 e. The molecule has 1 atom stereocenters. The molecular weight excluding hydrogens is 500 g/mol. The summed E-state index contributed by atoms with van der Waals surface area (Å²) in [5.74, 6) is 0. The van der Waals surface area contributed by atoms with E-state index in [1.165, 1.54) is 19.1 Å². The molecule has 1 aliphatic rings. The zero-order chi connectivity index (χ0) is 26.2. The molecule has 0 radical (unpaired) electrons. The molecule has 194 valence electrons. The van der Waals surface area contributed by atoms with Gasteiger partial charge in [-0.05, 0) is 43.5 Å². The molecule has 0 amide bonds. The SMILES string of the molecule is CC[C@@H](O)c1cc(C(O)(C(F)(F)F)C(F)(F)F)ccc1N1CCC(S(=O)(=O)c2ccccc2)CC1. The van der Waals surface area contributed by atoms with Crippen molar-refractivity contribution >= 4 is 15.5 Å². The van der Waals surface area contributed by atoms with E-state index in [0.29, 0.717) is 12.1 Å². The third-order valence-corrected chi connectivity index (χ3v) is 8.58. The lowest BCUT2D eigenvalue weighted by Crippen LogP contribution is -2.54. The molecule has 35 heavy (non-hydrogen) atoms. The van der Waals surface area contributed by atoms with Gasteiger partial charge in [-0.25, -0.2) is 8.42 Å². The quantitative estimate of drug-likeness (QED) is 0.526. The standard InChI is InChI=1S/C23H25F6NO4S/c1-2-20(31)18-14-15(21(32,22(24,25)26)23(27,28)29)8-9-19(18)30-12-10-17(11-13-30)35(33,34)16-6-4-3-5-7-16/h3-9,14,17,20,31-32H,2,10-13H2,1H3/t20-/m1/s1. The fourth-order valence-electron chi connectivity index (χ4n) is 4.25. The van der Waals surface area contributed by atoms with E-state index in [1.807, 2.05) is 0 Å². The molecule has 1 heterocycles. The molecule has 2 aromatic rings. The van der Waals surface area contributed by atoms with Gasteiger partial charge in [-0.1, -0.05) is 31.2 Å². The summed E-state index contributed by atoms with van der Waals surface area (Å²) in [6, 6.07) is 9.92. The van der Waals surface area contributed by atoms with Crippen molar-refractivity contribution in [3.63, 3.8) is 0 Å². The maximum atomic E-state index is 13.4. The van der Waals surface area contributed by atoms with E-state index < -0.39 is 44.7 Å². The molecular formula is C23H25F6NO4S. The zero-order valence-corrected chi connectivity index (χ0v) is 19.5. The number of halogens is 6. The Morgan fingerprint density at radius 2 is 1.51 bits per heavy atom. The van der Waals surface area contributed by atoms with Crippen molar-refractivity contribution in [3.05, 3.63) is 59.7 Å². The number of aliphatic hydroxyl groups excluding tert-OH is 1. The Bertz CT molecular complexity index is 1110. The number of benzene rings is 2. The molecule has 0 bridgehead atoms. The molecule has 12 heteroatoms. The van der Waals surface area contributed by atoms with Crippen LogP contribution in [0, 0.1) is 0 Å². The van der Waals surface area contributed by atoms with Crippen LogP contribution in [0.25, 0.3) is 0 Å². The van der Waals surface area contributed by atoms with Crippen LogP contribution in [0.5, 0.6) is 0 Å². The maximum Gasteiger partial charge on any atom is 0.430 e. The summed E-state index contributed by atoms with van der Waals surface area (Å²) in [6.45, 7) is 1.81. The van der Waals surface area contributed by atoms with Crippen LogP contribution < -0.4 is 4.90 Å². The van der Waals surface area contributed by atoms with Crippen molar-refractivity contribution in [1.29, 1.82) is 0 Å². The van der Waals surface area contributed by atoms with Crippen LogP contribution in [0.2, 0.25) is 0 Å². The second-order valence-electron chi connectivity index (χ2n) is 8.45. The molecule has 1 fully saturated rings. The van der Waals surface area contributed by atoms with Crippen molar-refractivity contribution < 1.29 is 45.0 Å². The summed E-state index contributed by atoms with van der Waals surface area (Å²) < 4.78 is 106. The largest absolute Gasteiger partial charge is 0.430 e. The van der Waals surface area contributed by atoms with Crippen LogP contribution in [-0.4, -0.2) is 49.3 Å². The second-order valence-corrected chi connectivity index (χ2v) is 10.7. The third-order valence-electron chi connectivity index (χ3n) is 6.30. The van der Waals surface area contributed by atoms with Crippen LogP contribution >= 0.6 is 0 Å². The number of anilines is 1. The highest BCUT2D eigenvalue weighted by molar-refractivity contribution is 7.92. The molecule has 3 rings (SSSR count). The number of alkyl halides is 6. The predicted molar refractivity (Wildman–Crippen MR) is 117 cm³/mol. The van der Waals surface area contributed by atoms with Gasteiger partial charge in [0.2, 0.25) is 0 Å². The van der Waals surface area contributed by atoms with Crippen LogP contribution in [0.3, 0.4) is 0 Å². The number of nitrogens with zero attached hydrogens (tertiary/aromatic N) is 1. The highest BCUT2D eigenvalue weighted by Gasteiger charge is 2.71. The molecule has 2 N–H and O–H groups in total. The first-order valence-corrected chi connectivity index (χ1v) is 12.4. The monoisotopic (exact) mass is 525 g/mol. The lowest BCUT2D eigenvalue weighted by Gasteiger charge is -2.37. The Morgan fingerprint density at radius 3 is 2.00 bits per heavy atom. The summed E-state index contributed by atoms with van der Waals surface area (Å²) in [5, 5.41) is 19.4. The van der Waals surface area contributed by atoms with E-state index in [1.54, 1.807) is 23.1 Å². The Morgan fingerprint density at radius 1 is 0.971 bits per heavy atom. The number of piperidine rings is 1. The van der Waals surface area contributed by atoms with E-state index in [9.17, 15) is 45.0 Å². The molecule has 5 nitrogen and oxygen atoms in total. The van der Waals surface area contributed by atoms with Gasteiger partial charge in [-0.2, -0.15) is 26.3 Å². The van der Waals surface area contributed by atoms with Gasteiger partial charge < -0.3 is 15.1 Å². The fraction of sp³-hybridized carbons (Fsp3) is 0.478. The highest BCUT2D eigenvalue weighted by atomic mass is 32.2. The summed E-state index contributed by atoms with van der Waals surface area (Å²) in [7, 11) is -3.62. The minimum atomic E-state index is -6.05. The van der Waals surface area contributed by atoms with Gasteiger partial charge in [-0.15, -0.1) is 0 Å². The number of aliphatic hydroxyl groups is 2. The first-order chi connectivity index (χ1) is 16.1. The Kier molecular flexibility index (Phi) is 7.50. The predicted octanol–water partition coefficient (Wildman–Crippen LogP) is 4.88. The van der Waals surface area contributed by atoms with E-state index in [-0.39, 0.29) is 48.5 Å². The van der Waals surface area contributed by atoms with Gasteiger partial charge >= 0.3 is 12.4 Å². The van der Waals surface area contributed by atoms with Crippen molar-refractivity contribution in [2.75, 3.05) is 18.0 Å². The Hall–Kier alpha value is -2.31. The zero-order valence-electron chi connectivity index (χ0n) is 18.6. The normalized spacial score (nSPS) is 17.5. The fourth-order valence-corrected chi connectivity index (χ4v) is 6.00. The molecule has 1 saturated heterocycles. The number of sulfone groups is 1. The molecule has 2 aromatic carbocycles. The molecule has 0 unspecified atom stereocenters. The van der Waals surface area contributed by atoms with Crippen molar-refractivity contribution in [3.8, 4) is 0 Å². The average molecular weight is 526 g/mol. The highest BCUT2D eigenvalue weighted by Crippen LogP contribution is 2.51. The summed E-state index contributed by atoms with van der Waals surface area (Å²) in [5.41, 5.74) is -6.59. The summed E-state index contributed by atoms with van der Waals surface area (Å²) in [6.07, 6.45) is -13.2. The van der Waals surface area contributed by atoms with Gasteiger partial charge in [0, 0.05) is 29.9 Å². The molecule has 0 aromatic heterocycles. The van der Waals surface area contributed by atoms with E-state index in [2.05, 4.69) is 0 Å². The second kappa shape index (κ2) is 9.62. The number of hydrogen-bond acceptors (Lipinski definition) is 5. The van der Waals surface area contributed by atoms with Crippen LogP contribution in [-0.2, 0) is 15.4 Å². The molecule has 1 aliphatic heterocycles.